The molecule has 0 bridgehead atoms. The lowest BCUT2D eigenvalue weighted by Gasteiger charge is -2.25. The van der Waals surface area contributed by atoms with Gasteiger partial charge in [-0.1, -0.05) is 56.3 Å². The molecule has 1 saturated heterocycles. The van der Waals surface area contributed by atoms with Gasteiger partial charge in [0, 0.05) is 29.2 Å². The third kappa shape index (κ3) is 4.51. The number of hydrogen-bond donors (Lipinski definition) is 2. The van der Waals surface area contributed by atoms with Gasteiger partial charge in [-0.25, -0.2) is 0 Å². The Labute approximate surface area is 216 Å². The SMILES string of the molecule is COc1ccc(C(O)=C2C(=O)C(=O)N(CCc3c[nH]c4ccccc34)[C@@H]2c2ccc(C(C)C)cc2)cc1. The van der Waals surface area contributed by atoms with Crippen LogP contribution in [0.4, 0.5) is 0 Å². The smallest absolute Gasteiger partial charge is 0.295 e. The van der Waals surface area contributed by atoms with Gasteiger partial charge in [0.15, 0.2) is 0 Å². The van der Waals surface area contributed by atoms with Crippen molar-refractivity contribution in [3.63, 3.8) is 0 Å². The molecule has 1 aromatic heterocycles. The van der Waals surface area contributed by atoms with Crippen LogP contribution in [-0.4, -0.2) is 40.3 Å². The fourth-order valence-corrected chi connectivity index (χ4v) is 5.00. The number of benzene rings is 3. The number of amides is 1. The van der Waals surface area contributed by atoms with E-state index in [2.05, 4.69) is 18.8 Å². The highest BCUT2D eigenvalue weighted by atomic mass is 16.5. The Balaban J connectivity index is 1.56. The second-order valence-electron chi connectivity index (χ2n) is 9.65. The van der Waals surface area contributed by atoms with Crippen molar-refractivity contribution in [3.8, 4) is 5.75 Å². The molecule has 0 saturated carbocycles. The number of aromatic amines is 1. The highest BCUT2D eigenvalue weighted by molar-refractivity contribution is 6.46. The topological polar surface area (TPSA) is 82.6 Å². The van der Waals surface area contributed by atoms with Crippen LogP contribution in [-0.2, 0) is 16.0 Å². The molecular weight excluding hydrogens is 464 g/mol. The maximum atomic E-state index is 13.3. The molecule has 6 heteroatoms. The van der Waals surface area contributed by atoms with Crippen molar-refractivity contribution < 1.29 is 19.4 Å². The number of rotatable bonds is 7. The van der Waals surface area contributed by atoms with E-state index >= 15 is 0 Å². The van der Waals surface area contributed by atoms with E-state index in [1.807, 2.05) is 54.7 Å². The summed E-state index contributed by atoms with van der Waals surface area (Å²) in [7, 11) is 1.56. The maximum Gasteiger partial charge on any atom is 0.295 e. The van der Waals surface area contributed by atoms with Gasteiger partial charge < -0.3 is 19.7 Å². The van der Waals surface area contributed by atoms with Crippen LogP contribution in [0.15, 0.2) is 84.6 Å². The van der Waals surface area contributed by atoms with Crippen LogP contribution in [0.1, 0.15) is 48.1 Å². The summed E-state index contributed by atoms with van der Waals surface area (Å²) in [5.74, 6) is -0.482. The number of carbonyl (C=O) groups excluding carboxylic acids is 2. The van der Waals surface area contributed by atoms with E-state index in [9.17, 15) is 14.7 Å². The number of para-hydroxylation sites is 1. The minimum atomic E-state index is -0.687. The van der Waals surface area contributed by atoms with Crippen LogP contribution in [0.25, 0.3) is 16.7 Å². The molecule has 37 heavy (non-hydrogen) atoms. The lowest BCUT2D eigenvalue weighted by atomic mass is 9.93. The monoisotopic (exact) mass is 494 g/mol. The molecule has 1 aliphatic rings. The molecule has 1 amide bonds. The molecular formula is C31H30N2O4. The zero-order valence-electron chi connectivity index (χ0n) is 21.2. The Hall–Kier alpha value is -4.32. The summed E-state index contributed by atoms with van der Waals surface area (Å²) in [6.45, 7) is 4.57. The van der Waals surface area contributed by atoms with Crippen molar-refractivity contribution in [1.82, 2.24) is 9.88 Å². The lowest BCUT2D eigenvalue weighted by molar-refractivity contribution is -0.139. The van der Waals surface area contributed by atoms with Gasteiger partial charge in [-0.05, 0) is 59.4 Å². The normalized spacial score (nSPS) is 17.2. The van der Waals surface area contributed by atoms with Gasteiger partial charge in [-0.2, -0.15) is 0 Å². The van der Waals surface area contributed by atoms with E-state index in [-0.39, 0.29) is 11.3 Å². The van der Waals surface area contributed by atoms with Crippen LogP contribution in [0, 0.1) is 0 Å². The number of ketones is 1. The van der Waals surface area contributed by atoms with Gasteiger partial charge >= 0.3 is 0 Å². The highest BCUT2D eigenvalue weighted by Gasteiger charge is 2.45. The van der Waals surface area contributed by atoms with E-state index < -0.39 is 17.7 Å². The minimum absolute atomic E-state index is 0.103. The van der Waals surface area contributed by atoms with E-state index in [0.717, 1.165) is 27.6 Å². The lowest BCUT2D eigenvalue weighted by Crippen LogP contribution is -2.31. The van der Waals surface area contributed by atoms with E-state index in [1.165, 1.54) is 0 Å². The van der Waals surface area contributed by atoms with Crippen molar-refractivity contribution in [3.05, 3.63) is 107 Å². The molecule has 0 radical (unpaired) electrons. The highest BCUT2D eigenvalue weighted by Crippen LogP contribution is 2.40. The Morgan fingerprint density at radius 2 is 1.70 bits per heavy atom. The third-order valence-corrected chi connectivity index (χ3v) is 7.12. The number of aliphatic hydroxyl groups excluding tert-OH is 1. The van der Waals surface area contributed by atoms with Crippen LogP contribution < -0.4 is 4.74 Å². The van der Waals surface area contributed by atoms with Crippen molar-refractivity contribution >= 4 is 28.4 Å². The Bertz CT molecular complexity index is 1480. The Morgan fingerprint density at radius 1 is 1.00 bits per heavy atom. The Morgan fingerprint density at radius 3 is 2.38 bits per heavy atom. The number of aromatic nitrogens is 1. The number of nitrogens with zero attached hydrogens (tertiary/aromatic N) is 1. The molecule has 6 nitrogen and oxygen atoms in total. The second-order valence-corrected chi connectivity index (χ2v) is 9.65. The number of hydrogen-bond acceptors (Lipinski definition) is 4. The molecule has 3 aromatic carbocycles. The molecule has 2 heterocycles. The number of aliphatic hydroxyl groups is 1. The first-order chi connectivity index (χ1) is 17.9. The zero-order valence-corrected chi connectivity index (χ0v) is 21.2. The van der Waals surface area contributed by atoms with E-state index in [0.29, 0.717) is 30.2 Å². The summed E-state index contributed by atoms with van der Waals surface area (Å²) in [6.07, 6.45) is 2.52. The molecule has 0 unspecified atom stereocenters. The zero-order chi connectivity index (χ0) is 26.1. The number of methoxy groups -OCH3 is 1. The molecule has 2 N–H and O–H groups in total. The quantitative estimate of drug-likeness (QED) is 0.189. The summed E-state index contributed by atoms with van der Waals surface area (Å²) in [4.78, 5) is 31.5. The summed E-state index contributed by atoms with van der Waals surface area (Å²) in [5, 5.41) is 12.4. The maximum absolute atomic E-state index is 13.3. The molecule has 4 aromatic rings. The number of likely N-dealkylation sites (tertiary alicyclic amines) is 1. The van der Waals surface area contributed by atoms with Crippen LogP contribution >= 0.6 is 0 Å². The van der Waals surface area contributed by atoms with Crippen molar-refractivity contribution in [2.45, 2.75) is 32.2 Å². The van der Waals surface area contributed by atoms with Crippen LogP contribution in [0.3, 0.4) is 0 Å². The number of Topliss-reactive ketones (excluding diaryl/α,β-unsaturated/α-hetero) is 1. The number of H-pyrrole nitrogens is 1. The van der Waals surface area contributed by atoms with Crippen LogP contribution in [0.5, 0.6) is 5.75 Å². The first-order valence-electron chi connectivity index (χ1n) is 12.5. The van der Waals surface area contributed by atoms with Gasteiger partial charge in [-0.15, -0.1) is 0 Å². The predicted octanol–water partition coefficient (Wildman–Crippen LogP) is 5.96. The average molecular weight is 495 g/mol. The molecule has 0 spiro atoms. The van der Waals surface area contributed by atoms with Gasteiger partial charge in [0.1, 0.15) is 11.5 Å². The van der Waals surface area contributed by atoms with Crippen molar-refractivity contribution in [2.75, 3.05) is 13.7 Å². The molecule has 1 fully saturated rings. The van der Waals surface area contributed by atoms with Crippen molar-refractivity contribution in [1.29, 1.82) is 0 Å². The molecule has 188 valence electrons. The summed E-state index contributed by atoms with van der Waals surface area (Å²) < 4.78 is 5.22. The number of ether oxygens (including phenoxy) is 1. The van der Waals surface area contributed by atoms with E-state index in [1.54, 1.807) is 36.3 Å². The summed E-state index contributed by atoms with van der Waals surface area (Å²) >= 11 is 0. The standard InChI is InChI=1S/C31H30N2O4/c1-19(2)20-8-10-21(11-9-20)28-27(29(34)22-12-14-24(37-3)15-13-22)30(35)31(36)33(28)17-16-23-18-32-26-7-5-4-6-25(23)26/h4-15,18-19,28,32,34H,16-17H2,1-3H3/t28-/m1/s1. The van der Waals surface area contributed by atoms with Gasteiger partial charge in [-0.3, -0.25) is 9.59 Å². The second kappa shape index (κ2) is 9.97. The van der Waals surface area contributed by atoms with E-state index in [4.69, 9.17) is 4.74 Å². The summed E-state index contributed by atoms with van der Waals surface area (Å²) in [5.41, 5.74) is 4.61. The fraction of sp³-hybridized carbons (Fsp3) is 0.226. The largest absolute Gasteiger partial charge is 0.507 e. The molecule has 1 aliphatic heterocycles. The predicted molar refractivity (Wildman–Crippen MR) is 145 cm³/mol. The van der Waals surface area contributed by atoms with Gasteiger partial charge in [0.05, 0.1) is 18.7 Å². The fourth-order valence-electron chi connectivity index (χ4n) is 5.00. The molecule has 1 atom stereocenters. The first-order valence-corrected chi connectivity index (χ1v) is 12.5. The number of nitrogens with one attached hydrogen (secondary N) is 1. The molecule has 5 rings (SSSR count). The first kappa shape index (κ1) is 24.4. The van der Waals surface area contributed by atoms with Crippen LogP contribution in [0.2, 0.25) is 0 Å². The van der Waals surface area contributed by atoms with Gasteiger partial charge in [0.25, 0.3) is 11.7 Å². The number of carbonyl (C=O) groups is 2. The summed E-state index contributed by atoms with van der Waals surface area (Å²) in [6, 6.07) is 22.1. The minimum Gasteiger partial charge on any atom is -0.507 e. The third-order valence-electron chi connectivity index (χ3n) is 7.12. The average Bonchev–Trinajstić information content (AvgIpc) is 3.45. The Kier molecular flexibility index (Phi) is 6.57. The van der Waals surface area contributed by atoms with Crippen molar-refractivity contribution in [2.24, 2.45) is 0 Å². The molecule has 0 aliphatic carbocycles. The van der Waals surface area contributed by atoms with Gasteiger partial charge in [0.2, 0.25) is 0 Å². The number of fused-ring (bicyclic) bond motifs is 1.